The summed E-state index contributed by atoms with van der Waals surface area (Å²) in [6.07, 6.45) is 0.328. The molecule has 27 heavy (non-hydrogen) atoms. The number of benzene rings is 1. The van der Waals surface area contributed by atoms with Gasteiger partial charge >= 0.3 is 5.97 Å². The van der Waals surface area contributed by atoms with Crippen molar-refractivity contribution < 1.29 is 9.90 Å². The van der Waals surface area contributed by atoms with Crippen molar-refractivity contribution >= 4 is 16.9 Å². The molecule has 0 spiro atoms. The van der Waals surface area contributed by atoms with Crippen molar-refractivity contribution in [3.05, 3.63) is 35.0 Å². The van der Waals surface area contributed by atoms with Crippen LogP contribution in [0.25, 0.3) is 10.9 Å². The molecule has 1 heterocycles. The van der Waals surface area contributed by atoms with Gasteiger partial charge in [0.1, 0.15) is 6.04 Å². The fourth-order valence-electron chi connectivity index (χ4n) is 4.03. The molecule has 1 aromatic heterocycles. The Kier molecular flexibility index (Phi) is 5.30. The Morgan fingerprint density at radius 1 is 1.04 bits per heavy atom. The van der Waals surface area contributed by atoms with Gasteiger partial charge in [-0.1, -0.05) is 53.7 Å². The third-order valence-corrected chi connectivity index (χ3v) is 5.03. The van der Waals surface area contributed by atoms with E-state index in [0.717, 1.165) is 11.1 Å². The Morgan fingerprint density at radius 2 is 1.59 bits per heavy atom. The molecule has 0 aliphatic heterocycles. The second-order valence-electron chi connectivity index (χ2n) is 10.7. The van der Waals surface area contributed by atoms with E-state index in [2.05, 4.69) is 85.1 Å². The molecule has 4 heteroatoms. The summed E-state index contributed by atoms with van der Waals surface area (Å²) in [6, 6.07) is 5.51. The Balaban J connectivity index is 3.08. The van der Waals surface area contributed by atoms with Gasteiger partial charge < -0.3 is 15.4 Å². The van der Waals surface area contributed by atoms with Gasteiger partial charge in [-0.2, -0.15) is 0 Å². The lowest BCUT2D eigenvalue weighted by atomic mass is 9.81. The molecular weight excluding hydrogens is 336 g/mol. The molecule has 0 amide bonds. The highest BCUT2D eigenvalue weighted by molar-refractivity contribution is 5.91. The first-order chi connectivity index (χ1) is 12.1. The van der Waals surface area contributed by atoms with Crippen LogP contribution in [0, 0.1) is 0 Å². The number of hydrogen-bond acceptors (Lipinski definition) is 2. The Bertz CT molecular complexity index is 856. The molecule has 1 atom stereocenters. The summed E-state index contributed by atoms with van der Waals surface area (Å²) in [7, 11) is 0. The van der Waals surface area contributed by atoms with Crippen LogP contribution in [0.2, 0.25) is 0 Å². The van der Waals surface area contributed by atoms with Crippen LogP contribution in [-0.2, 0) is 27.6 Å². The van der Waals surface area contributed by atoms with Crippen LogP contribution in [-0.4, -0.2) is 21.7 Å². The van der Waals surface area contributed by atoms with Gasteiger partial charge in [-0.25, -0.2) is 0 Å². The molecule has 0 saturated heterocycles. The van der Waals surface area contributed by atoms with Gasteiger partial charge in [-0.3, -0.25) is 4.79 Å². The second kappa shape index (κ2) is 6.66. The first kappa shape index (κ1) is 21.5. The fraction of sp³-hybridized carbons (Fsp3) is 0.609. The monoisotopic (exact) mass is 372 g/mol. The maximum Gasteiger partial charge on any atom is 0.320 e. The first-order valence-electron chi connectivity index (χ1n) is 9.73. The van der Waals surface area contributed by atoms with Gasteiger partial charge in [0.2, 0.25) is 0 Å². The van der Waals surface area contributed by atoms with Crippen molar-refractivity contribution in [1.82, 2.24) is 4.57 Å². The fourth-order valence-corrected chi connectivity index (χ4v) is 4.03. The highest BCUT2D eigenvalue weighted by Gasteiger charge is 2.34. The lowest BCUT2D eigenvalue weighted by molar-refractivity contribution is -0.138. The number of aromatic nitrogens is 1. The van der Waals surface area contributed by atoms with Gasteiger partial charge in [0.15, 0.2) is 0 Å². The van der Waals surface area contributed by atoms with Gasteiger partial charge in [-0.15, -0.1) is 0 Å². The van der Waals surface area contributed by atoms with E-state index in [1.165, 1.54) is 16.6 Å². The van der Waals surface area contributed by atoms with Gasteiger partial charge in [0.05, 0.1) is 0 Å². The zero-order chi connectivity index (χ0) is 20.9. The zero-order valence-corrected chi connectivity index (χ0v) is 18.4. The van der Waals surface area contributed by atoms with E-state index >= 15 is 0 Å². The number of hydrogen-bond donors (Lipinski definition) is 2. The largest absolute Gasteiger partial charge is 0.480 e. The summed E-state index contributed by atoms with van der Waals surface area (Å²) >= 11 is 0. The topological polar surface area (TPSA) is 68.2 Å². The maximum absolute atomic E-state index is 11.6. The summed E-state index contributed by atoms with van der Waals surface area (Å²) in [4.78, 5) is 11.6. The summed E-state index contributed by atoms with van der Waals surface area (Å²) in [5.41, 5.74) is 10.3. The number of fused-ring (bicyclic) bond motifs is 1. The molecule has 2 aromatic rings. The van der Waals surface area contributed by atoms with Gasteiger partial charge in [-0.05, 0) is 43.4 Å². The molecule has 0 fully saturated rings. The second-order valence-corrected chi connectivity index (χ2v) is 10.7. The number of carbonyl (C=O) groups is 1. The number of nitrogens with zero attached hydrogens (tertiary/aromatic N) is 1. The Morgan fingerprint density at radius 3 is 2.00 bits per heavy atom. The minimum absolute atomic E-state index is 0.0548. The standard InChI is InChI=1S/C23H36N2O2/c1-21(2,3)15-11-10-12-17-18(15)14(13-16(24)20(26)27)19(22(4,5)6)25(17)23(7,8)9/h10-12,16H,13,24H2,1-9H3,(H,26,27). The van der Waals surface area contributed by atoms with E-state index in [0.29, 0.717) is 6.42 Å². The molecule has 0 saturated carbocycles. The Hall–Kier alpha value is -1.81. The predicted molar refractivity (Wildman–Crippen MR) is 114 cm³/mol. The average Bonchev–Trinajstić information content (AvgIpc) is 2.80. The molecule has 0 aliphatic carbocycles. The van der Waals surface area contributed by atoms with E-state index in [1.54, 1.807) is 0 Å². The maximum atomic E-state index is 11.6. The minimum atomic E-state index is -0.959. The molecule has 0 aliphatic rings. The average molecular weight is 373 g/mol. The van der Waals surface area contributed by atoms with Crippen LogP contribution >= 0.6 is 0 Å². The summed E-state index contributed by atoms with van der Waals surface area (Å²) < 4.78 is 2.39. The molecule has 150 valence electrons. The molecular formula is C23H36N2O2. The molecule has 2 rings (SSSR count). The molecule has 0 radical (unpaired) electrons. The number of nitrogens with two attached hydrogens (primary N) is 1. The van der Waals surface area contributed by atoms with Crippen LogP contribution in [0.3, 0.4) is 0 Å². The zero-order valence-electron chi connectivity index (χ0n) is 18.4. The molecule has 0 bridgehead atoms. The van der Waals surface area contributed by atoms with Crippen molar-refractivity contribution in [1.29, 1.82) is 0 Å². The van der Waals surface area contributed by atoms with Crippen LogP contribution in [0.4, 0.5) is 0 Å². The first-order valence-corrected chi connectivity index (χ1v) is 9.73. The summed E-state index contributed by atoms with van der Waals surface area (Å²) in [6.45, 7) is 19.8. The van der Waals surface area contributed by atoms with Crippen molar-refractivity contribution in [2.75, 3.05) is 0 Å². The van der Waals surface area contributed by atoms with E-state index in [4.69, 9.17) is 5.73 Å². The summed E-state index contributed by atoms with van der Waals surface area (Å²) in [5.74, 6) is -0.959. The van der Waals surface area contributed by atoms with Crippen molar-refractivity contribution in [2.45, 2.75) is 91.1 Å². The van der Waals surface area contributed by atoms with Gasteiger partial charge in [0.25, 0.3) is 0 Å². The summed E-state index contributed by atoms with van der Waals surface area (Å²) in [5, 5.41) is 10.6. The lowest BCUT2D eigenvalue weighted by Gasteiger charge is -2.32. The third kappa shape index (κ3) is 4.06. The quantitative estimate of drug-likeness (QED) is 0.801. The highest BCUT2D eigenvalue weighted by atomic mass is 16.4. The van der Waals surface area contributed by atoms with E-state index in [9.17, 15) is 9.90 Å². The molecule has 1 unspecified atom stereocenters. The van der Waals surface area contributed by atoms with Crippen molar-refractivity contribution in [3.63, 3.8) is 0 Å². The number of rotatable bonds is 3. The van der Waals surface area contributed by atoms with E-state index in [-0.39, 0.29) is 16.4 Å². The van der Waals surface area contributed by atoms with Crippen LogP contribution in [0.15, 0.2) is 18.2 Å². The molecule has 4 nitrogen and oxygen atoms in total. The minimum Gasteiger partial charge on any atom is -0.480 e. The van der Waals surface area contributed by atoms with Crippen molar-refractivity contribution in [3.8, 4) is 0 Å². The Labute approximate surface area is 163 Å². The molecule has 3 N–H and O–H groups in total. The SMILES string of the molecule is CC(C)(C)c1cccc2c1c(CC(N)C(=O)O)c(C(C)(C)C)n2C(C)(C)C. The normalized spacial score (nSPS) is 14.6. The van der Waals surface area contributed by atoms with Crippen LogP contribution < -0.4 is 5.73 Å². The van der Waals surface area contributed by atoms with Crippen molar-refractivity contribution in [2.24, 2.45) is 5.73 Å². The predicted octanol–water partition coefficient (Wildman–Crippen LogP) is 4.95. The highest BCUT2D eigenvalue weighted by Crippen LogP contribution is 2.42. The number of carboxylic acids is 1. The third-order valence-electron chi connectivity index (χ3n) is 5.03. The van der Waals surface area contributed by atoms with Gasteiger partial charge in [0, 0.05) is 34.0 Å². The molecule has 1 aromatic carbocycles. The smallest absolute Gasteiger partial charge is 0.320 e. The van der Waals surface area contributed by atoms with Crippen LogP contribution in [0.1, 0.15) is 79.1 Å². The van der Waals surface area contributed by atoms with E-state index in [1.807, 2.05) is 0 Å². The van der Waals surface area contributed by atoms with E-state index < -0.39 is 12.0 Å². The number of carboxylic acid groups (broad SMARTS) is 1. The lowest BCUT2D eigenvalue weighted by Crippen LogP contribution is -2.34. The number of aliphatic carboxylic acids is 1. The van der Waals surface area contributed by atoms with Crippen LogP contribution in [0.5, 0.6) is 0 Å².